The van der Waals surface area contributed by atoms with Crippen LogP contribution in [0.1, 0.15) is 22.8 Å². The summed E-state index contributed by atoms with van der Waals surface area (Å²) in [5.74, 6) is 1.40. The maximum atomic E-state index is 10.5. The lowest BCUT2D eigenvalue weighted by Crippen LogP contribution is -2.15. The smallest absolute Gasteiger partial charge is 0.161 e. The Bertz CT molecular complexity index is 640. The molecule has 2 aromatic rings. The highest BCUT2D eigenvalue weighted by atomic mass is 35.5. The summed E-state index contributed by atoms with van der Waals surface area (Å²) in [5.41, 5.74) is 2.53. The molecule has 1 aliphatic rings. The Balaban J connectivity index is 1.93. The maximum Gasteiger partial charge on any atom is 0.161 e. The molecule has 1 aliphatic heterocycles. The monoisotopic (exact) mass is 290 g/mol. The number of aryl methyl sites for hydroxylation is 1. The number of hydrogen-bond acceptors (Lipinski definition) is 3. The topological polar surface area (TPSA) is 38.7 Å². The molecule has 0 amide bonds. The van der Waals surface area contributed by atoms with Crippen LogP contribution in [0.15, 0.2) is 36.4 Å². The lowest BCUT2D eigenvalue weighted by atomic mass is 9.99. The summed E-state index contributed by atoms with van der Waals surface area (Å²) in [6.07, 6.45) is -0.707. The van der Waals surface area contributed by atoms with Crippen LogP contribution >= 0.6 is 11.6 Å². The van der Waals surface area contributed by atoms with Gasteiger partial charge in [0.1, 0.15) is 19.3 Å². The highest BCUT2D eigenvalue weighted by Crippen LogP contribution is 2.34. The van der Waals surface area contributed by atoms with Crippen molar-refractivity contribution < 1.29 is 14.6 Å². The van der Waals surface area contributed by atoms with E-state index in [4.69, 9.17) is 21.1 Å². The van der Waals surface area contributed by atoms with Crippen LogP contribution < -0.4 is 9.47 Å². The van der Waals surface area contributed by atoms with Crippen molar-refractivity contribution in [3.8, 4) is 11.5 Å². The predicted molar refractivity (Wildman–Crippen MR) is 77.7 cm³/mol. The Morgan fingerprint density at radius 3 is 2.40 bits per heavy atom. The van der Waals surface area contributed by atoms with Gasteiger partial charge in [-0.3, -0.25) is 0 Å². The van der Waals surface area contributed by atoms with Gasteiger partial charge >= 0.3 is 0 Å². The average molecular weight is 291 g/mol. The minimum atomic E-state index is -0.707. The van der Waals surface area contributed by atoms with Crippen LogP contribution in [0.4, 0.5) is 0 Å². The number of aliphatic hydroxyl groups is 1. The first kappa shape index (κ1) is 13.3. The van der Waals surface area contributed by atoms with E-state index in [2.05, 4.69) is 0 Å². The van der Waals surface area contributed by atoms with E-state index in [1.165, 1.54) is 0 Å². The largest absolute Gasteiger partial charge is 0.486 e. The van der Waals surface area contributed by atoms with Crippen LogP contribution in [0.3, 0.4) is 0 Å². The molecule has 3 nitrogen and oxygen atoms in total. The normalized spacial score (nSPS) is 14.9. The molecular formula is C16H15ClO3. The molecule has 0 saturated carbocycles. The van der Waals surface area contributed by atoms with Crippen LogP contribution in [0.2, 0.25) is 5.02 Å². The standard InChI is InChI=1S/C16H15ClO3/c1-10-8-11(2-4-13(10)17)16(18)12-3-5-14-15(9-12)20-7-6-19-14/h2-5,8-9,16,18H,6-7H2,1H3. The second kappa shape index (κ2) is 5.35. The molecule has 3 rings (SSSR count). The van der Waals surface area contributed by atoms with E-state index in [1.54, 1.807) is 6.07 Å². The molecule has 0 fully saturated rings. The molecule has 1 unspecified atom stereocenters. The van der Waals surface area contributed by atoms with Gasteiger partial charge in [-0.25, -0.2) is 0 Å². The van der Waals surface area contributed by atoms with Crippen molar-refractivity contribution in [3.05, 3.63) is 58.1 Å². The molecule has 1 atom stereocenters. The second-order valence-corrected chi connectivity index (χ2v) is 5.22. The molecule has 0 bridgehead atoms. The molecule has 0 radical (unpaired) electrons. The molecule has 104 valence electrons. The number of halogens is 1. The van der Waals surface area contributed by atoms with E-state index in [-0.39, 0.29) is 0 Å². The Labute approximate surface area is 122 Å². The molecule has 1 N–H and O–H groups in total. The highest BCUT2D eigenvalue weighted by molar-refractivity contribution is 6.31. The molecule has 2 aromatic carbocycles. The molecule has 0 aliphatic carbocycles. The van der Waals surface area contributed by atoms with Crippen molar-refractivity contribution in [2.45, 2.75) is 13.0 Å². The average Bonchev–Trinajstić information content (AvgIpc) is 2.49. The Morgan fingerprint density at radius 1 is 1.00 bits per heavy atom. The van der Waals surface area contributed by atoms with Crippen LogP contribution in [0, 0.1) is 6.92 Å². The molecule has 0 aromatic heterocycles. The molecule has 20 heavy (non-hydrogen) atoms. The molecular weight excluding hydrogens is 276 g/mol. The van der Waals surface area contributed by atoms with Crippen molar-refractivity contribution >= 4 is 11.6 Å². The number of benzene rings is 2. The quantitative estimate of drug-likeness (QED) is 0.920. The van der Waals surface area contributed by atoms with Crippen molar-refractivity contribution in [1.82, 2.24) is 0 Å². The van der Waals surface area contributed by atoms with Crippen LogP contribution in [0.25, 0.3) is 0 Å². The molecule has 0 spiro atoms. The predicted octanol–water partition coefficient (Wildman–Crippen LogP) is 3.50. The van der Waals surface area contributed by atoms with Crippen LogP contribution in [-0.2, 0) is 0 Å². The summed E-state index contributed by atoms with van der Waals surface area (Å²) < 4.78 is 11.0. The summed E-state index contributed by atoms with van der Waals surface area (Å²) in [5, 5.41) is 11.2. The van der Waals surface area contributed by atoms with Crippen molar-refractivity contribution in [1.29, 1.82) is 0 Å². The highest BCUT2D eigenvalue weighted by Gasteiger charge is 2.17. The van der Waals surface area contributed by atoms with E-state index in [1.807, 2.05) is 37.3 Å². The van der Waals surface area contributed by atoms with Gasteiger partial charge in [0.15, 0.2) is 11.5 Å². The number of ether oxygens (including phenoxy) is 2. The van der Waals surface area contributed by atoms with Crippen molar-refractivity contribution in [3.63, 3.8) is 0 Å². The van der Waals surface area contributed by atoms with Gasteiger partial charge in [0.25, 0.3) is 0 Å². The minimum absolute atomic E-state index is 0.534. The van der Waals surface area contributed by atoms with Crippen LogP contribution in [-0.4, -0.2) is 18.3 Å². The van der Waals surface area contributed by atoms with E-state index in [9.17, 15) is 5.11 Å². The summed E-state index contributed by atoms with van der Waals surface area (Å²) in [7, 11) is 0. The number of rotatable bonds is 2. The number of fused-ring (bicyclic) bond motifs is 1. The van der Waals surface area contributed by atoms with Crippen LogP contribution in [0.5, 0.6) is 11.5 Å². The fraction of sp³-hybridized carbons (Fsp3) is 0.250. The Kier molecular flexibility index (Phi) is 3.55. The minimum Gasteiger partial charge on any atom is -0.486 e. The zero-order chi connectivity index (χ0) is 14.1. The van der Waals surface area contributed by atoms with E-state index in [0.717, 1.165) is 22.4 Å². The van der Waals surface area contributed by atoms with Gasteiger partial charge in [0.05, 0.1) is 0 Å². The zero-order valence-electron chi connectivity index (χ0n) is 11.1. The second-order valence-electron chi connectivity index (χ2n) is 4.81. The van der Waals surface area contributed by atoms with Gasteiger partial charge in [-0.1, -0.05) is 29.8 Å². The number of hydrogen-bond donors (Lipinski definition) is 1. The van der Waals surface area contributed by atoms with Gasteiger partial charge in [-0.05, 0) is 41.8 Å². The summed E-state index contributed by atoms with van der Waals surface area (Å²) >= 11 is 6.01. The first-order valence-electron chi connectivity index (χ1n) is 6.49. The third kappa shape index (κ3) is 2.47. The SMILES string of the molecule is Cc1cc(C(O)c2ccc3c(c2)OCCO3)ccc1Cl. The van der Waals surface area contributed by atoms with E-state index >= 15 is 0 Å². The Morgan fingerprint density at radius 2 is 1.65 bits per heavy atom. The molecule has 0 saturated heterocycles. The van der Waals surface area contributed by atoms with Gasteiger partial charge < -0.3 is 14.6 Å². The Hall–Kier alpha value is -1.71. The van der Waals surface area contributed by atoms with E-state index in [0.29, 0.717) is 24.0 Å². The molecule has 4 heteroatoms. The first-order valence-corrected chi connectivity index (χ1v) is 6.86. The van der Waals surface area contributed by atoms with Gasteiger partial charge in [0.2, 0.25) is 0 Å². The summed E-state index contributed by atoms with van der Waals surface area (Å²) in [6, 6.07) is 11.0. The van der Waals surface area contributed by atoms with Gasteiger partial charge in [0, 0.05) is 5.02 Å². The lowest BCUT2D eigenvalue weighted by Gasteiger charge is -2.20. The fourth-order valence-corrected chi connectivity index (χ4v) is 2.38. The number of aliphatic hydroxyl groups excluding tert-OH is 1. The summed E-state index contributed by atoms with van der Waals surface area (Å²) in [4.78, 5) is 0. The van der Waals surface area contributed by atoms with Gasteiger partial charge in [-0.15, -0.1) is 0 Å². The zero-order valence-corrected chi connectivity index (χ0v) is 11.9. The fourth-order valence-electron chi connectivity index (χ4n) is 2.26. The van der Waals surface area contributed by atoms with Gasteiger partial charge in [-0.2, -0.15) is 0 Å². The first-order chi connectivity index (χ1) is 9.65. The van der Waals surface area contributed by atoms with Crippen molar-refractivity contribution in [2.75, 3.05) is 13.2 Å². The summed E-state index contributed by atoms with van der Waals surface area (Å²) in [6.45, 7) is 3.01. The molecule has 1 heterocycles. The van der Waals surface area contributed by atoms with E-state index < -0.39 is 6.10 Å². The third-order valence-electron chi connectivity index (χ3n) is 3.38. The third-order valence-corrected chi connectivity index (χ3v) is 3.80. The lowest BCUT2D eigenvalue weighted by molar-refractivity contribution is 0.169. The van der Waals surface area contributed by atoms with Crippen molar-refractivity contribution in [2.24, 2.45) is 0 Å². The maximum absolute atomic E-state index is 10.5.